The van der Waals surface area contributed by atoms with Gasteiger partial charge in [0, 0.05) is 17.8 Å². The average molecular weight is 514 g/mol. The molecule has 0 aliphatic heterocycles. The number of methoxy groups -OCH3 is 1. The number of anilines is 1. The summed E-state index contributed by atoms with van der Waals surface area (Å²) in [5.74, 6) is -1.15. The van der Waals surface area contributed by atoms with E-state index in [2.05, 4.69) is 5.32 Å². The number of nitrogens with zero attached hydrogens (tertiary/aromatic N) is 2. The molecule has 0 atom stereocenters. The van der Waals surface area contributed by atoms with E-state index in [0.29, 0.717) is 0 Å². The molecule has 12 heteroatoms. The fourth-order valence-corrected chi connectivity index (χ4v) is 4.14. The highest BCUT2D eigenvalue weighted by atomic mass is 35.5. The largest absolute Gasteiger partial charge is 0.493 e. The van der Waals surface area contributed by atoms with E-state index < -0.39 is 20.9 Å². The second-order valence-electron chi connectivity index (χ2n) is 6.82. The molecule has 0 aliphatic rings. The highest BCUT2D eigenvalue weighted by Gasteiger charge is 2.22. The third kappa shape index (κ3) is 6.14. The van der Waals surface area contributed by atoms with Crippen LogP contribution in [0.4, 0.5) is 11.4 Å². The predicted molar refractivity (Wildman–Crippen MR) is 128 cm³/mol. The number of amides is 1. The van der Waals surface area contributed by atoms with Crippen molar-refractivity contribution in [3.05, 3.63) is 93.0 Å². The number of hydrogen-bond acceptors (Lipinski definition) is 8. The van der Waals surface area contributed by atoms with Crippen LogP contribution in [-0.2, 0) is 14.9 Å². The van der Waals surface area contributed by atoms with Gasteiger partial charge >= 0.3 is 10.1 Å². The van der Waals surface area contributed by atoms with Crippen molar-refractivity contribution in [2.24, 2.45) is 0 Å². The molecule has 10 nitrogen and oxygen atoms in total. The number of carbonyl (C=O) groups excluding carboxylic acids is 1. The number of nitriles is 1. The SMILES string of the molecule is COc1cc(/C=C(\C#N)C(=O)Nc2cccc([N+](=O)[O-])c2)cc(Cl)c1OS(=O)(=O)c1ccccc1. The average Bonchev–Trinajstić information content (AvgIpc) is 2.84. The minimum Gasteiger partial charge on any atom is -0.493 e. The van der Waals surface area contributed by atoms with Gasteiger partial charge in [0.25, 0.3) is 11.6 Å². The molecule has 0 aliphatic carbocycles. The van der Waals surface area contributed by atoms with Crippen molar-refractivity contribution in [2.45, 2.75) is 4.90 Å². The number of halogens is 1. The molecular weight excluding hydrogens is 498 g/mol. The first-order valence-corrected chi connectivity index (χ1v) is 11.5. The quantitative estimate of drug-likeness (QED) is 0.151. The van der Waals surface area contributed by atoms with Gasteiger partial charge in [0.05, 0.1) is 17.1 Å². The van der Waals surface area contributed by atoms with Crippen LogP contribution in [0.15, 0.2) is 77.2 Å². The van der Waals surface area contributed by atoms with Crippen molar-refractivity contribution in [3.8, 4) is 17.6 Å². The molecule has 0 fully saturated rings. The van der Waals surface area contributed by atoms with Crippen LogP contribution in [0.1, 0.15) is 5.56 Å². The van der Waals surface area contributed by atoms with Gasteiger partial charge in [0.2, 0.25) is 5.75 Å². The zero-order chi connectivity index (χ0) is 25.6. The van der Waals surface area contributed by atoms with Crippen molar-refractivity contribution in [1.82, 2.24) is 0 Å². The third-order valence-electron chi connectivity index (χ3n) is 4.47. The Labute approximate surface area is 205 Å². The summed E-state index contributed by atoms with van der Waals surface area (Å²) < 4.78 is 35.5. The van der Waals surface area contributed by atoms with Gasteiger partial charge in [-0.25, -0.2) is 0 Å². The summed E-state index contributed by atoms with van der Waals surface area (Å²) in [4.78, 5) is 22.7. The molecule has 0 heterocycles. The zero-order valence-corrected chi connectivity index (χ0v) is 19.5. The van der Waals surface area contributed by atoms with Gasteiger partial charge in [-0.1, -0.05) is 35.9 Å². The standard InChI is InChI=1S/C23H16ClN3O7S/c1-33-21-12-15(11-20(24)22(21)34-35(31,32)19-8-3-2-4-9-19)10-16(14-25)23(28)26-17-6-5-7-18(13-17)27(29)30/h2-13H,1H3,(H,26,28)/b16-10+. The summed E-state index contributed by atoms with van der Waals surface area (Å²) in [6.07, 6.45) is 1.19. The Hall–Kier alpha value is -4.40. The second kappa shape index (κ2) is 10.7. The van der Waals surface area contributed by atoms with Crippen LogP contribution in [-0.4, -0.2) is 26.4 Å². The number of nitro groups is 1. The summed E-state index contributed by atoms with van der Waals surface area (Å²) >= 11 is 6.24. The van der Waals surface area contributed by atoms with Crippen LogP contribution >= 0.6 is 11.6 Å². The minimum atomic E-state index is -4.21. The lowest BCUT2D eigenvalue weighted by atomic mass is 10.1. The Bertz CT molecular complexity index is 1470. The maximum absolute atomic E-state index is 12.6. The Balaban J connectivity index is 1.90. The Kier molecular flexibility index (Phi) is 7.70. The number of ether oxygens (including phenoxy) is 1. The van der Waals surface area contributed by atoms with E-state index >= 15 is 0 Å². The first-order valence-electron chi connectivity index (χ1n) is 9.69. The van der Waals surface area contributed by atoms with Crippen LogP contribution in [0, 0.1) is 21.4 Å². The molecule has 178 valence electrons. The van der Waals surface area contributed by atoms with Crippen LogP contribution < -0.4 is 14.2 Å². The lowest BCUT2D eigenvalue weighted by Crippen LogP contribution is -2.13. The number of non-ortho nitro benzene ring substituents is 1. The summed E-state index contributed by atoms with van der Waals surface area (Å²) in [5, 5.41) is 22.6. The Morgan fingerprint density at radius 3 is 2.49 bits per heavy atom. The van der Waals surface area contributed by atoms with Crippen LogP contribution in [0.5, 0.6) is 11.5 Å². The molecule has 35 heavy (non-hydrogen) atoms. The lowest BCUT2D eigenvalue weighted by Gasteiger charge is -2.13. The molecule has 0 spiro atoms. The van der Waals surface area contributed by atoms with Gasteiger partial charge in [-0.2, -0.15) is 13.7 Å². The first-order chi connectivity index (χ1) is 16.6. The molecular formula is C23H16ClN3O7S. The fraction of sp³-hybridized carbons (Fsp3) is 0.0435. The first kappa shape index (κ1) is 25.2. The van der Waals surface area contributed by atoms with E-state index in [1.807, 2.05) is 0 Å². The topological polar surface area (TPSA) is 149 Å². The predicted octanol–water partition coefficient (Wildman–Crippen LogP) is 4.57. The maximum Gasteiger partial charge on any atom is 0.339 e. The summed E-state index contributed by atoms with van der Waals surface area (Å²) in [6.45, 7) is 0. The zero-order valence-electron chi connectivity index (χ0n) is 18.0. The van der Waals surface area contributed by atoms with E-state index in [9.17, 15) is 28.6 Å². The van der Waals surface area contributed by atoms with Gasteiger partial charge in [0.1, 0.15) is 16.5 Å². The van der Waals surface area contributed by atoms with Crippen molar-refractivity contribution >= 4 is 45.1 Å². The number of hydrogen-bond donors (Lipinski definition) is 1. The van der Waals surface area contributed by atoms with Gasteiger partial charge in [-0.05, 0) is 42.0 Å². The molecule has 0 unspecified atom stereocenters. The van der Waals surface area contributed by atoms with Crippen molar-refractivity contribution in [2.75, 3.05) is 12.4 Å². The highest BCUT2D eigenvalue weighted by Crippen LogP contribution is 2.38. The van der Waals surface area contributed by atoms with E-state index in [0.717, 1.165) is 6.07 Å². The Morgan fingerprint density at radius 2 is 1.86 bits per heavy atom. The van der Waals surface area contributed by atoms with Crippen molar-refractivity contribution in [3.63, 3.8) is 0 Å². The number of carbonyl (C=O) groups is 1. The Morgan fingerprint density at radius 1 is 1.14 bits per heavy atom. The number of nitrogens with one attached hydrogen (secondary N) is 1. The van der Waals surface area contributed by atoms with Gasteiger partial charge in [0.15, 0.2) is 5.75 Å². The molecule has 0 aromatic heterocycles. The fourth-order valence-electron chi connectivity index (χ4n) is 2.86. The monoisotopic (exact) mass is 513 g/mol. The van der Waals surface area contributed by atoms with E-state index in [1.165, 1.54) is 67.8 Å². The van der Waals surface area contributed by atoms with Crippen LogP contribution in [0.25, 0.3) is 6.08 Å². The molecule has 0 saturated heterocycles. The van der Waals surface area contributed by atoms with E-state index in [4.69, 9.17) is 20.5 Å². The molecule has 3 aromatic carbocycles. The number of benzene rings is 3. The summed E-state index contributed by atoms with van der Waals surface area (Å²) in [5.41, 5.74) is -0.221. The van der Waals surface area contributed by atoms with Gasteiger partial charge in [-0.15, -0.1) is 0 Å². The van der Waals surface area contributed by atoms with Crippen molar-refractivity contribution < 1.29 is 27.1 Å². The molecule has 0 saturated carbocycles. The molecule has 1 amide bonds. The third-order valence-corrected chi connectivity index (χ3v) is 5.98. The molecule has 1 N–H and O–H groups in total. The highest BCUT2D eigenvalue weighted by molar-refractivity contribution is 7.87. The second-order valence-corrected chi connectivity index (χ2v) is 8.77. The summed E-state index contributed by atoms with van der Waals surface area (Å²) in [7, 11) is -2.95. The van der Waals surface area contributed by atoms with Crippen molar-refractivity contribution in [1.29, 1.82) is 5.26 Å². The molecule has 3 aromatic rings. The molecule has 0 bridgehead atoms. The van der Waals surface area contributed by atoms with Gasteiger partial charge in [-0.3, -0.25) is 14.9 Å². The minimum absolute atomic E-state index is 0.0559. The van der Waals surface area contributed by atoms with E-state index in [-0.39, 0.29) is 43.9 Å². The number of nitro benzene ring substituents is 1. The van der Waals surface area contributed by atoms with Crippen LogP contribution in [0.3, 0.4) is 0 Å². The molecule has 0 radical (unpaired) electrons. The summed E-state index contributed by atoms with van der Waals surface area (Å²) in [6, 6.07) is 17.0. The lowest BCUT2D eigenvalue weighted by molar-refractivity contribution is -0.384. The molecule has 3 rings (SSSR count). The van der Waals surface area contributed by atoms with Crippen LogP contribution in [0.2, 0.25) is 5.02 Å². The number of rotatable bonds is 8. The normalized spacial score (nSPS) is 11.3. The smallest absolute Gasteiger partial charge is 0.339 e. The maximum atomic E-state index is 12.6. The van der Waals surface area contributed by atoms with Gasteiger partial charge < -0.3 is 14.2 Å². The van der Waals surface area contributed by atoms with E-state index in [1.54, 1.807) is 12.1 Å².